The third kappa shape index (κ3) is 2.93. The first-order valence-electron chi connectivity index (χ1n) is 6.59. The first kappa shape index (κ1) is 12.3. The van der Waals surface area contributed by atoms with Crippen molar-refractivity contribution >= 4 is 5.69 Å². The number of hydrogen-bond donors (Lipinski definition) is 1. The summed E-state index contributed by atoms with van der Waals surface area (Å²) >= 11 is 0. The van der Waals surface area contributed by atoms with Gasteiger partial charge in [0.05, 0.1) is 6.10 Å². The van der Waals surface area contributed by atoms with Gasteiger partial charge in [-0.2, -0.15) is 0 Å². The minimum absolute atomic E-state index is 0.241. The number of ether oxygens (including phenoxy) is 1. The van der Waals surface area contributed by atoms with E-state index in [1.165, 1.54) is 11.3 Å². The highest BCUT2D eigenvalue weighted by Crippen LogP contribution is 2.31. The molecule has 2 nitrogen and oxygen atoms in total. The van der Waals surface area contributed by atoms with Crippen molar-refractivity contribution in [2.45, 2.75) is 40.2 Å². The Morgan fingerprint density at radius 3 is 2.65 bits per heavy atom. The highest BCUT2D eigenvalue weighted by Gasteiger charge is 2.21. The van der Waals surface area contributed by atoms with Crippen LogP contribution >= 0.6 is 0 Å². The highest BCUT2D eigenvalue weighted by molar-refractivity contribution is 5.56. The molecule has 0 aromatic heterocycles. The van der Waals surface area contributed by atoms with Gasteiger partial charge >= 0.3 is 0 Å². The molecular weight excluding hydrogens is 210 g/mol. The Balaban J connectivity index is 2.17. The van der Waals surface area contributed by atoms with Crippen molar-refractivity contribution in [2.24, 2.45) is 11.8 Å². The van der Waals surface area contributed by atoms with E-state index in [1.54, 1.807) is 0 Å². The van der Waals surface area contributed by atoms with Gasteiger partial charge in [0.25, 0.3) is 0 Å². The Morgan fingerprint density at radius 1 is 1.24 bits per heavy atom. The standard InChI is InChI=1S/C15H23NO/c1-10(2)13-7-12-8-14(17-11(3)4)5-6-15(12)16-9-13/h5-6,8,10-11,13,16H,7,9H2,1-4H3. The number of benzene rings is 1. The second kappa shape index (κ2) is 4.99. The lowest BCUT2D eigenvalue weighted by atomic mass is 9.86. The zero-order chi connectivity index (χ0) is 12.4. The van der Waals surface area contributed by atoms with Gasteiger partial charge in [-0.3, -0.25) is 0 Å². The van der Waals surface area contributed by atoms with Gasteiger partial charge in [-0.25, -0.2) is 0 Å². The van der Waals surface area contributed by atoms with E-state index in [1.807, 2.05) is 0 Å². The molecule has 1 aromatic rings. The fourth-order valence-corrected chi connectivity index (χ4v) is 2.32. The Hall–Kier alpha value is -1.18. The van der Waals surface area contributed by atoms with E-state index in [9.17, 15) is 0 Å². The van der Waals surface area contributed by atoms with Crippen molar-refractivity contribution in [1.29, 1.82) is 0 Å². The Kier molecular flexibility index (Phi) is 3.60. The van der Waals surface area contributed by atoms with Gasteiger partial charge in [-0.05, 0) is 55.9 Å². The normalized spacial score (nSPS) is 19.1. The summed E-state index contributed by atoms with van der Waals surface area (Å²) in [7, 11) is 0. The number of anilines is 1. The number of fused-ring (bicyclic) bond motifs is 1. The van der Waals surface area contributed by atoms with Gasteiger partial charge in [0, 0.05) is 12.2 Å². The molecule has 1 unspecified atom stereocenters. The molecule has 1 aliphatic heterocycles. The fourth-order valence-electron chi connectivity index (χ4n) is 2.32. The monoisotopic (exact) mass is 233 g/mol. The Bertz CT molecular complexity index is 385. The quantitative estimate of drug-likeness (QED) is 0.859. The molecule has 0 spiro atoms. The van der Waals surface area contributed by atoms with Crippen molar-refractivity contribution in [2.75, 3.05) is 11.9 Å². The van der Waals surface area contributed by atoms with Gasteiger partial charge in [0.15, 0.2) is 0 Å². The molecule has 0 radical (unpaired) electrons. The summed E-state index contributed by atoms with van der Waals surface area (Å²) in [6.07, 6.45) is 1.40. The van der Waals surface area contributed by atoms with Crippen LogP contribution in [-0.2, 0) is 6.42 Å². The van der Waals surface area contributed by atoms with E-state index in [4.69, 9.17) is 4.74 Å². The molecule has 1 N–H and O–H groups in total. The minimum atomic E-state index is 0.241. The van der Waals surface area contributed by atoms with Crippen LogP contribution in [0.1, 0.15) is 33.3 Å². The number of nitrogens with one attached hydrogen (secondary N) is 1. The average molecular weight is 233 g/mol. The van der Waals surface area contributed by atoms with Crippen LogP contribution in [0.25, 0.3) is 0 Å². The molecule has 2 heteroatoms. The lowest BCUT2D eigenvalue weighted by Crippen LogP contribution is -2.27. The van der Waals surface area contributed by atoms with Crippen molar-refractivity contribution in [1.82, 2.24) is 0 Å². The predicted octanol–water partition coefficient (Wildman–Crippen LogP) is 3.71. The second-order valence-electron chi connectivity index (χ2n) is 5.57. The minimum Gasteiger partial charge on any atom is -0.491 e. The lowest BCUT2D eigenvalue weighted by Gasteiger charge is -2.29. The van der Waals surface area contributed by atoms with E-state index in [0.717, 1.165) is 30.6 Å². The van der Waals surface area contributed by atoms with E-state index in [0.29, 0.717) is 0 Å². The molecule has 0 amide bonds. The topological polar surface area (TPSA) is 21.3 Å². The molecule has 1 heterocycles. The van der Waals surface area contributed by atoms with Crippen molar-refractivity contribution in [3.8, 4) is 5.75 Å². The summed E-state index contributed by atoms with van der Waals surface area (Å²) < 4.78 is 5.75. The van der Waals surface area contributed by atoms with Gasteiger partial charge in [0.2, 0.25) is 0 Å². The van der Waals surface area contributed by atoms with Crippen molar-refractivity contribution in [3.63, 3.8) is 0 Å². The molecule has 94 valence electrons. The summed E-state index contributed by atoms with van der Waals surface area (Å²) in [5.74, 6) is 2.45. The lowest BCUT2D eigenvalue weighted by molar-refractivity contribution is 0.242. The zero-order valence-electron chi connectivity index (χ0n) is 11.3. The van der Waals surface area contributed by atoms with Crippen LogP contribution in [0.15, 0.2) is 18.2 Å². The molecule has 0 aliphatic carbocycles. The molecule has 1 atom stereocenters. The third-order valence-corrected chi connectivity index (χ3v) is 3.43. The smallest absolute Gasteiger partial charge is 0.120 e. The molecule has 17 heavy (non-hydrogen) atoms. The van der Waals surface area contributed by atoms with Crippen molar-refractivity contribution < 1.29 is 4.74 Å². The van der Waals surface area contributed by atoms with Crippen LogP contribution in [0.5, 0.6) is 5.75 Å². The maximum absolute atomic E-state index is 5.75. The van der Waals surface area contributed by atoms with Crippen molar-refractivity contribution in [3.05, 3.63) is 23.8 Å². The highest BCUT2D eigenvalue weighted by atomic mass is 16.5. The summed E-state index contributed by atoms with van der Waals surface area (Å²) in [6.45, 7) is 9.82. The molecule has 1 aromatic carbocycles. The summed E-state index contributed by atoms with van der Waals surface area (Å²) in [4.78, 5) is 0. The second-order valence-corrected chi connectivity index (χ2v) is 5.57. The summed E-state index contributed by atoms with van der Waals surface area (Å²) in [5, 5.41) is 3.52. The Labute approximate surface area is 104 Å². The third-order valence-electron chi connectivity index (χ3n) is 3.43. The van der Waals surface area contributed by atoms with E-state index >= 15 is 0 Å². The maximum atomic E-state index is 5.75. The summed E-state index contributed by atoms with van der Waals surface area (Å²) in [5.41, 5.74) is 2.67. The molecule has 0 saturated carbocycles. The number of hydrogen-bond acceptors (Lipinski definition) is 2. The molecule has 0 bridgehead atoms. The molecule has 2 rings (SSSR count). The average Bonchev–Trinajstić information content (AvgIpc) is 2.27. The Morgan fingerprint density at radius 2 is 2.00 bits per heavy atom. The van der Waals surface area contributed by atoms with Crippen LogP contribution in [0.3, 0.4) is 0 Å². The SMILES string of the molecule is CC(C)Oc1ccc2c(c1)CC(C(C)C)CN2. The predicted molar refractivity (Wildman–Crippen MR) is 72.7 cm³/mol. The zero-order valence-corrected chi connectivity index (χ0v) is 11.3. The maximum Gasteiger partial charge on any atom is 0.120 e. The van der Waals surface area contributed by atoms with Gasteiger partial charge in [-0.1, -0.05) is 13.8 Å². The van der Waals surface area contributed by atoms with Crippen LogP contribution in [0.2, 0.25) is 0 Å². The molecular formula is C15H23NO. The molecule has 0 saturated heterocycles. The van der Waals surface area contributed by atoms with E-state index < -0.39 is 0 Å². The molecule has 1 aliphatic rings. The first-order valence-corrected chi connectivity index (χ1v) is 6.59. The van der Waals surface area contributed by atoms with Gasteiger partial charge < -0.3 is 10.1 Å². The van der Waals surface area contributed by atoms with Gasteiger partial charge in [0.1, 0.15) is 5.75 Å². The van der Waals surface area contributed by atoms with Crippen LogP contribution in [-0.4, -0.2) is 12.6 Å². The van der Waals surface area contributed by atoms with E-state index in [2.05, 4.69) is 51.2 Å². The summed E-state index contributed by atoms with van der Waals surface area (Å²) in [6, 6.07) is 6.39. The van der Waals surface area contributed by atoms with Gasteiger partial charge in [-0.15, -0.1) is 0 Å². The van der Waals surface area contributed by atoms with Crippen LogP contribution in [0.4, 0.5) is 5.69 Å². The van der Waals surface area contributed by atoms with E-state index in [-0.39, 0.29) is 6.10 Å². The van der Waals surface area contributed by atoms with Crippen LogP contribution in [0, 0.1) is 11.8 Å². The fraction of sp³-hybridized carbons (Fsp3) is 0.600. The van der Waals surface area contributed by atoms with Crippen LogP contribution < -0.4 is 10.1 Å². The molecule has 0 fully saturated rings. The largest absolute Gasteiger partial charge is 0.491 e. The first-order chi connectivity index (χ1) is 8.06. The number of rotatable bonds is 3.